The molecular formula is C12H20N2O. The summed E-state index contributed by atoms with van der Waals surface area (Å²) in [4.78, 5) is 3.98. The number of pyridine rings is 1. The molecule has 2 N–H and O–H groups in total. The first-order chi connectivity index (χ1) is 7.33. The summed E-state index contributed by atoms with van der Waals surface area (Å²) in [6, 6.07) is 4.09. The molecule has 1 aromatic heterocycles. The Morgan fingerprint density at radius 3 is 2.80 bits per heavy atom. The van der Waals surface area contributed by atoms with Gasteiger partial charge in [-0.1, -0.05) is 0 Å². The van der Waals surface area contributed by atoms with E-state index in [1.807, 2.05) is 24.5 Å². The van der Waals surface area contributed by atoms with Crippen LogP contribution in [-0.2, 0) is 11.2 Å². The highest BCUT2D eigenvalue weighted by Crippen LogP contribution is 2.03. The standard InChI is InChI=1S/C12H20N2O/c1-11(4-7-13)15-10-2-3-12-5-8-14-9-6-12/h5-6,8-9,11H,2-4,7,10,13H2,1H3. The van der Waals surface area contributed by atoms with Crippen molar-refractivity contribution in [2.45, 2.75) is 32.3 Å². The highest BCUT2D eigenvalue weighted by atomic mass is 16.5. The van der Waals surface area contributed by atoms with Crippen LogP contribution in [0.2, 0.25) is 0 Å². The van der Waals surface area contributed by atoms with Gasteiger partial charge in [0.2, 0.25) is 0 Å². The van der Waals surface area contributed by atoms with Gasteiger partial charge in [-0.05, 0) is 50.4 Å². The molecule has 1 heterocycles. The molecule has 0 radical (unpaired) electrons. The van der Waals surface area contributed by atoms with E-state index in [9.17, 15) is 0 Å². The van der Waals surface area contributed by atoms with Crippen LogP contribution in [0.1, 0.15) is 25.3 Å². The number of ether oxygens (including phenoxy) is 1. The summed E-state index contributed by atoms with van der Waals surface area (Å²) in [6.45, 7) is 3.58. The molecule has 3 heteroatoms. The largest absolute Gasteiger partial charge is 0.378 e. The number of aryl methyl sites for hydroxylation is 1. The van der Waals surface area contributed by atoms with E-state index in [1.54, 1.807) is 0 Å². The smallest absolute Gasteiger partial charge is 0.0559 e. The monoisotopic (exact) mass is 208 g/mol. The molecule has 15 heavy (non-hydrogen) atoms. The van der Waals surface area contributed by atoms with Crippen LogP contribution in [0.15, 0.2) is 24.5 Å². The number of hydrogen-bond donors (Lipinski definition) is 1. The van der Waals surface area contributed by atoms with Gasteiger partial charge in [0.05, 0.1) is 6.10 Å². The van der Waals surface area contributed by atoms with E-state index in [1.165, 1.54) is 5.56 Å². The van der Waals surface area contributed by atoms with Gasteiger partial charge in [-0.15, -0.1) is 0 Å². The van der Waals surface area contributed by atoms with Crippen molar-refractivity contribution in [3.8, 4) is 0 Å². The highest BCUT2D eigenvalue weighted by molar-refractivity contribution is 5.09. The number of nitrogens with zero attached hydrogens (tertiary/aromatic N) is 1. The quantitative estimate of drug-likeness (QED) is 0.695. The average molecular weight is 208 g/mol. The van der Waals surface area contributed by atoms with Gasteiger partial charge >= 0.3 is 0 Å². The normalized spacial score (nSPS) is 12.7. The van der Waals surface area contributed by atoms with Crippen LogP contribution in [0.5, 0.6) is 0 Å². The fourth-order valence-corrected chi connectivity index (χ4v) is 1.43. The third kappa shape index (κ3) is 5.50. The molecule has 0 saturated carbocycles. The molecular weight excluding hydrogens is 188 g/mol. The Balaban J connectivity index is 2.07. The summed E-state index contributed by atoms with van der Waals surface area (Å²) < 4.78 is 5.61. The molecule has 1 rings (SSSR count). The van der Waals surface area contributed by atoms with E-state index in [2.05, 4.69) is 11.9 Å². The van der Waals surface area contributed by atoms with Crippen LogP contribution in [-0.4, -0.2) is 24.2 Å². The topological polar surface area (TPSA) is 48.1 Å². The van der Waals surface area contributed by atoms with Gasteiger partial charge in [-0.3, -0.25) is 4.98 Å². The molecule has 0 aromatic carbocycles. The molecule has 84 valence electrons. The Bertz CT molecular complexity index is 251. The maximum Gasteiger partial charge on any atom is 0.0559 e. The maximum atomic E-state index is 5.61. The zero-order chi connectivity index (χ0) is 10.9. The third-order valence-corrected chi connectivity index (χ3v) is 2.33. The van der Waals surface area contributed by atoms with Crippen LogP contribution in [0.4, 0.5) is 0 Å². The molecule has 1 aromatic rings. The van der Waals surface area contributed by atoms with Gasteiger partial charge in [0.1, 0.15) is 0 Å². The minimum Gasteiger partial charge on any atom is -0.378 e. The summed E-state index contributed by atoms with van der Waals surface area (Å²) in [6.07, 6.45) is 6.99. The minimum atomic E-state index is 0.285. The lowest BCUT2D eigenvalue weighted by Crippen LogP contribution is -2.14. The van der Waals surface area contributed by atoms with Crippen molar-refractivity contribution in [3.05, 3.63) is 30.1 Å². The van der Waals surface area contributed by atoms with E-state index in [4.69, 9.17) is 10.5 Å². The summed E-state index contributed by atoms with van der Waals surface area (Å²) >= 11 is 0. The van der Waals surface area contributed by atoms with Crippen molar-refractivity contribution in [2.75, 3.05) is 13.2 Å². The summed E-state index contributed by atoms with van der Waals surface area (Å²) in [5.74, 6) is 0. The molecule has 0 bridgehead atoms. The number of aromatic nitrogens is 1. The van der Waals surface area contributed by atoms with Crippen molar-refractivity contribution in [1.29, 1.82) is 0 Å². The van der Waals surface area contributed by atoms with Gasteiger partial charge in [0.15, 0.2) is 0 Å². The molecule has 0 spiro atoms. The van der Waals surface area contributed by atoms with Crippen molar-refractivity contribution in [3.63, 3.8) is 0 Å². The molecule has 1 unspecified atom stereocenters. The molecule has 0 aliphatic carbocycles. The van der Waals surface area contributed by atoms with Gasteiger partial charge in [0.25, 0.3) is 0 Å². The molecule has 3 nitrogen and oxygen atoms in total. The van der Waals surface area contributed by atoms with E-state index >= 15 is 0 Å². The SMILES string of the molecule is CC(CCN)OCCCc1ccncc1. The first kappa shape index (κ1) is 12.1. The van der Waals surface area contributed by atoms with E-state index in [-0.39, 0.29) is 6.10 Å². The molecule has 0 saturated heterocycles. The Labute approximate surface area is 91.7 Å². The van der Waals surface area contributed by atoms with Crippen LogP contribution >= 0.6 is 0 Å². The summed E-state index contributed by atoms with van der Waals surface area (Å²) in [7, 11) is 0. The molecule has 0 fully saturated rings. The second-order valence-corrected chi connectivity index (χ2v) is 3.72. The molecule has 0 amide bonds. The lowest BCUT2D eigenvalue weighted by molar-refractivity contribution is 0.0605. The predicted molar refractivity (Wildman–Crippen MR) is 61.6 cm³/mol. The van der Waals surface area contributed by atoms with Gasteiger partial charge in [-0.2, -0.15) is 0 Å². The second kappa shape index (κ2) is 7.37. The zero-order valence-corrected chi connectivity index (χ0v) is 9.36. The predicted octanol–water partition coefficient (Wildman–Crippen LogP) is 1.77. The maximum absolute atomic E-state index is 5.61. The Morgan fingerprint density at radius 2 is 2.13 bits per heavy atom. The van der Waals surface area contributed by atoms with Crippen molar-refractivity contribution < 1.29 is 4.74 Å². The first-order valence-electron chi connectivity index (χ1n) is 5.53. The summed E-state index contributed by atoms with van der Waals surface area (Å²) in [5, 5.41) is 0. The lowest BCUT2D eigenvalue weighted by Gasteiger charge is -2.11. The van der Waals surface area contributed by atoms with Crippen LogP contribution < -0.4 is 5.73 Å². The van der Waals surface area contributed by atoms with E-state index < -0.39 is 0 Å². The number of nitrogens with two attached hydrogens (primary N) is 1. The Morgan fingerprint density at radius 1 is 1.40 bits per heavy atom. The number of rotatable bonds is 7. The minimum absolute atomic E-state index is 0.285. The van der Waals surface area contributed by atoms with Crippen LogP contribution in [0.25, 0.3) is 0 Å². The van der Waals surface area contributed by atoms with Crippen LogP contribution in [0, 0.1) is 0 Å². The van der Waals surface area contributed by atoms with Gasteiger partial charge in [-0.25, -0.2) is 0 Å². The van der Waals surface area contributed by atoms with E-state index in [0.29, 0.717) is 6.54 Å². The second-order valence-electron chi connectivity index (χ2n) is 3.72. The Kier molecular flexibility index (Phi) is 5.97. The lowest BCUT2D eigenvalue weighted by atomic mass is 10.1. The fraction of sp³-hybridized carbons (Fsp3) is 0.583. The number of hydrogen-bond acceptors (Lipinski definition) is 3. The van der Waals surface area contributed by atoms with Crippen LogP contribution in [0.3, 0.4) is 0 Å². The molecule has 0 aliphatic rings. The first-order valence-corrected chi connectivity index (χ1v) is 5.53. The van der Waals surface area contributed by atoms with Crippen molar-refractivity contribution in [1.82, 2.24) is 4.98 Å². The zero-order valence-electron chi connectivity index (χ0n) is 9.36. The molecule has 1 atom stereocenters. The highest BCUT2D eigenvalue weighted by Gasteiger charge is 1.99. The third-order valence-electron chi connectivity index (χ3n) is 2.33. The van der Waals surface area contributed by atoms with E-state index in [0.717, 1.165) is 25.9 Å². The van der Waals surface area contributed by atoms with Gasteiger partial charge < -0.3 is 10.5 Å². The average Bonchev–Trinajstić information content (AvgIpc) is 2.26. The van der Waals surface area contributed by atoms with Gasteiger partial charge in [0, 0.05) is 19.0 Å². The molecule has 0 aliphatic heterocycles. The van der Waals surface area contributed by atoms with Crippen molar-refractivity contribution >= 4 is 0 Å². The summed E-state index contributed by atoms with van der Waals surface area (Å²) in [5.41, 5.74) is 6.76. The fourth-order valence-electron chi connectivity index (χ4n) is 1.43. The van der Waals surface area contributed by atoms with Crippen molar-refractivity contribution in [2.24, 2.45) is 5.73 Å². The Hall–Kier alpha value is -0.930.